The fourth-order valence-electron chi connectivity index (χ4n) is 4.10. The van der Waals surface area contributed by atoms with Crippen LogP contribution < -0.4 is 10.1 Å². The molecule has 7 nitrogen and oxygen atoms in total. The summed E-state index contributed by atoms with van der Waals surface area (Å²) in [4.78, 5) is 14.7. The minimum absolute atomic E-state index is 0.179. The molecule has 4 rings (SSSR count). The maximum Gasteiger partial charge on any atom is 0.321 e. The van der Waals surface area contributed by atoms with E-state index < -0.39 is 10.0 Å². The van der Waals surface area contributed by atoms with Crippen LogP contribution in [0.3, 0.4) is 0 Å². The monoisotopic (exact) mass is 429 g/mol. The van der Waals surface area contributed by atoms with Gasteiger partial charge in [-0.1, -0.05) is 31.2 Å². The zero-order chi connectivity index (χ0) is 21.3. The van der Waals surface area contributed by atoms with Crippen LogP contribution >= 0.6 is 0 Å². The Balaban J connectivity index is 1.50. The SMILES string of the molecule is CCc1ccc(NC(=O)N2CC[C@@H]3Oc4ccccc4S(=O)(=O)N(C)[C@H]3CC2)cc1. The van der Waals surface area contributed by atoms with Crippen LogP contribution in [0.2, 0.25) is 0 Å². The lowest BCUT2D eigenvalue weighted by atomic mass is 10.1. The lowest BCUT2D eigenvalue weighted by Gasteiger charge is -2.28. The smallest absolute Gasteiger partial charge is 0.321 e. The van der Waals surface area contributed by atoms with E-state index in [4.69, 9.17) is 4.74 Å². The molecule has 0 aliphatic carbocycles. The van der Waals surface area contributed by atoms with Gasteiger partial charge in [-0.3, -0.25) is 0 Å². The Bertz CT molecular complexity index is 1020. The molecule has 1 fully saturated rings. The number of nitrogens with zero attached hydrogens (tertiary/aromatic N) is 2. The third kappa shape index (κ3) is 3.89. The lowest BCUT2D eigenvalue weighted by Crippen LogP contribution is -2.44. The van der Waals surface area contributed by atoms with E-state index >= 15 is 0 Å². The molecular weight excluding hydrogens is 402 g/mol. The first kappa shape index (κ1) is 20.7. The zero-order valence-electron chi connectivity index (χ0n) is 17.2. The van der Waals surface area contributed by atoms with Crippen molar-refractivity contribution in [2.45, 2.75) is 43.2 Å². The number of amides is 2. The minimum Gasteiger partial charge on any atom is -0.487 e. The van der Waals surface area contributed by atoms with Gasteiger partial charge in [-0.25, -0.2) is 13.2 Å². The molecule has 160 valence electrons. The number of para-hydroxylation sites is 1. The van der Waals surface area contributed by atoms with Crippen molar-refractivity contribution in [2.24, 2.45) is 0 Å². The highest BCUT2D eigenvalue weighted by Gasteiger charge is 2.41. The van der Waals surface area contributed by atoms with Crippen molar-refractivity contribution in [1.29, 1.82) is 0 Å². The Morgan fingerprint density at radius 3 is 2.53 bits per heavy atom. The number of carbonyl (C=O) groups excluding carboxylic acids is 1. The summed E-state index contributed by atoms with van der Waals surface area (Å²) in [6.45, 7) is 3.04. The largest absolute Gasteiger partial charge is 0.487 e. The summed E-state index contributed by atoms with van der Waals surface area (Å²) in [6.07, 6.45) is 1.70. The van der Waals surface area contributed by atoms with E-state index in [-0.39, 0.29) is 23.1 Å². The molecule has 8 heteroatoms. The molecule has 30 heavy (non-hydrogen) atoms. The number of anilines is 1. The van der Waals surface area contributed by atoms with Crippen molar-refractivity contribution < 1.29 is 17.9 Å². The molecular formula is C22H27N3O4S. The van der Waals surface area contributed by atoms with E-state index in [1.165, 1.54) is 9.87 Å². The number of aryl methyl sites for hydroxylation is 1. The summed E-state index contributed by atoms with van der Waals surface area (Å²) < 4.78 is 33.7. The Morgan fingerprint density at radius 2 is 1.80 bits per heavy atom. The second-order valence-corrected chi connectivity index (χ2v) is 9.70. The summed E-state index contributed by atoms with van der Waals surface area (Å²) in [7, 11) is -2.05. The van der Waals surface area contributed by atoms with Gasteiger partial charge < -0.3 is 15.0 Å². The molecule has 2 heterocycles. The van der Waals surface area contributed by atoms with Crippen LogP contribution in [0.25, 0.3) is 0 Å². The van der Waals surface area contributed by atoms with E-state index in [1.54, 1.807) is 36.2 Å². The van der Waals surface area contributed by atoms with Crippen molar-refractivity contribution in [3.8, 4) is 5.75 Å². The highest BCUT2D eigenvalue weighted by atomic mass is 32.2. The van der Waals surface area contributed by atoms with Crippen LogP contribution in [-0.4, -0.2) is 55.9 Å². The van der Waals surface area contributed by atoms with E-state index in [9.17, 15) is 13.2 Å². The maximum atomic E-state index is 13.1. The quantitative estimate of drug-likeness (QED) is 0.794. The highest BCUT2D eigenvalue weighted by molar-refractivity contribution is 7.89. The van der Waals surface area contributed by atoms with Gasteiger partial charge in [0.1, 0.15) is 16.7 Å². The standard InChI is InChI=1S/C22H27N3O4S/c1-3-16-8-10-17(11-9-16)23-22(26)25-14-12-18-19(13-15-25)29-20-6-4-5-7-21(20)30(27,28)24(18)2/h4-11,18-19H,3,12-15H2,1-2H3,(H,23,26)/t18-,19-/m0/s1. The molecule has 1 N–H and O–H groups in total. The van der Waals surface area contributed by atoms with E-state index in [0.717, 1.165) is 12.1 Å². The number of likely N-dealkylation sites (N-methyl/N-ethyl adjacent to an activating group) is 1. The van der Waals surface area contributed by atoms with Gasteiger partial charge in [0.15, 0.2) is 0 Å². The summed E-state index contributed by atoms with van der Waals surface area (Å²) in [5.41, 5.74) is 1.96. The molecule has 1 saturated heterocycles. The molecule has 0 radical (unpaired) electrons. The van der Waals surface area contributed by atoms with Gasteiger partial charge in [-0.2, -0.15) is 4.31 Å². The van der Waals surface area contributed by atoms with Crippen molar-refractivity contribution in [2.75, 3.05) is 25.5 Å². The Morgan fingerprint density at radius 1 is 1.10 bits per heavy atom. The van der Waals surface area contributed by atoms with E-state index in [0.29, 0.717) is 31.7 Å². The number of ether oxygens (including phenoxy) is 1. The van der Waals surface area contributed by atoms with Crippen LogP contribution in [0.5, 0.6) is 5.75 Å². The van der Waals surface area contributed by atoms with E-state index in [2.05, 4.69) is 12.2 Å². The predicted octanol–water partition coefficient (Wildman–Crippen LogP) is 3.33. The van der Waals surface area contributed by atoms with Crippen molar-refractivity contribution >= 4 is 21.7 Å². The molecule has 2 aliphatic heterocycles. The number of sulfonamides is 1. The number of carbonyl (C=O) groups is 1. The number of hydrogen-bond acceptors (Lipinski definition) is 4. The number of benzene rings is 2. The number of urea groups is 1. The molecule has 0 spiro atoms. The first-order valence-corrected chi connectivity index (χ1v) is 11.7. The first-order valence-electron chi connectivity index (χ1n) is 10.3. The molecule has 2 atom stereocenters. The zero-order valence-corrected chi connectivity index (χ0v) is 18.1. The second-order valence-electron chi connectivity index (χ2n) is 7.74. The minimum atomic E-state index is -3.65. The first-order chi connectivity index (χ1) is 14.4. The Labute approximate surface area is 177 Å². The average Bonchev–Trinajstić information content (AvgIpc) is 3.00. The van der Waals surface area contributed by atoms with Gasteiger partial charge in [0.2, 0.25) is 10.0 Å². The Hall–Kier alpha value is -2.58. The van der Waals surface area contributed by atoms with Crippen LogP contribution in [0, 0.1) is 0 Å². The average molecular weight is 430 g/mol. The summed E-state index contributed by atoms with van der Waals surface area (Å²) in [5.74, 6) is 0.380. The Kier molecular flexibility index (Phi) is 5.71. The van der Waals surface area contributed by atoms with Crippen LogP contribution in [-0.2, 0) is 16.4 Å². The fourth-order valence-corrected chi connectivity index (χ4v) is 5.63. The van der Waals surface area contributed by atoms with Crippen molar-refractivity contribution in [1.82, 2.24) is 9.21 Å². The van der Waals surface area contributed by atoms with Gasteiger partial charge in [-0.15, -0.1) is 0 Å². The molecule has 2 amide bonds. The molecule has 0 saturated carbocycles. The van der Waals surface area contributed by atoms with Crippen LogP contribution in [0.15, 0.2) is 53.4 Å². The molecule has 0 bridgehead atoms. The summed E-state index contributed by atoms with van der Waals surface area (Å²) in [5, 5.41) is 2.94. The molecule has 2 aliphatic rings. The molecule has 2 aromatic carbocycles. The number of rotatable bonds is 2. The lowest BCUT2D eigenvalue weighted by molar-refractivity contribution is 0.122. The van der Waals surface area contributed by atoms with Crippen molar-refractivity contribution in [3.63, 3.8) is 0 Å². The topological polar surface area (TPSA) is 79.0 Å². The molecule has 2 aromatic rings. The van der Waals surface area contributed by atoms with Gasteiger partial charge in [0.05, 0.1) is 6.04 Å². The highest BCUT2D eigenvalue weighted by Crippen LogP contribution is 2.35. The second kappa shape index (κ2) is 8.28. The summed E-state index contributed by atoms with van der Waals surface area (Å²) >= 11 is 0. The normalized spacial score (nSPS) is 23.3. The van der Waals surface area contributed by atoms with Gasteiger partial charge in [-0.05, 0) is 42.7 Å². The number of likely N-dealkylation sites (tertiary alicyclic amines) is 1. The predicted molar refractivity (Wildman–Crippen MR) is 115 cm³/mol. The number of hydrogen-bond donors (Lipinski definition) is 1. The van der Waals surface area contributed by atoms with Gasteiger partial charge >= 0.3 is 6.03 Å². The van der Waals surface area contributed by atoms with Crippen LogP contribution in [0.4, 0.5) is 10.5 Å². The maximum absolute atomic E-state index is 13.1. The van der Waals surface area contributed by atoms with Crippen molar-refractivity contribution in [3.05, 3.63) is 54.1 Å². The third-order valence-corrected chi connectivity index (χ3v) is 7.88. The number of fused-ring (bicyclic) bond motifs is 2. The van der Waals surface area contributed by atoms with Gasteiger partial charge in [0, 0.05) is 32.2 Å². The third-order valence-electron chi connectivity index (χ3n) is 5.96. The van der Waals surface area contributed by atoms with E-state index in [1.807, 2.05) is 24.3 Å². The molecule has 0 aromatic heterocycles. The van der Waals surface area contributed by atoms with Gasteiger partial charge in [0.25, 0.3) is 0 Å². The fraction of sp³-hybridized carbons (Fsp3) is 0.409. The molecule has 0 unspecified atom stereocenters. The number of nitrogens with one attached hydrogen (secondary N) is 1. The summed E-state index contributed by atoms with van der Waals surface area (Å²) in [6, 6.07) is 14.0. The van der Waals surface area contributed by atoms with Crippen LogP contribution in [0.1, 0.15) is 25.3 Å².